The molecule has 0 saturated heterocycles. The average molecular weight is 311 g/mol. The fraction of sp³-hybridized carbons (Fsp3) is 0.278. The predicted molar refractivity (Wildman–Crippen MR) is 89.2 cm³/mol. The van der Waals surface area contributed by atoms with Crippen LogP contribution in [0.5, 0.6) is 0 Å². The van der Waals surface area contributed by atoms with Crippen molar-refractivity contribution < 1.29 is 9.59 Å². The maximum absolute atomic E-state index is 12.2. The normalized spacial score (nSPS) is 10.4. The molecule has 23 heavy (non-hydrogen) atoms. The SMILES string of the molecule is Cc1ccccc1CNC(=O)c1cc(C(=O)NC(C)C)ccn1. The molecule has 0 saturated carbocycles. The quantitative estimate of drug-likeness (QED) is 0.891. The molecule has 0 bridgehead atoms. The van der Waals surface area contributed by atoms with Crippen LogP contribution >= 0.6 is 0 Å². The lowest BCUT2D eigenvalue weighted by molar-refractivity contribution is 0.0943. The van der Waals surface area contributed by atoms with E-state index in [0.717, 1.165) is 11.1 Å². The molecule has 5 nitrogen and oxygen atoms in total. The summed E-state index contributed by atoms with van der Waals surface area (Å²) in [5.41, 5.74) is 2.82. The highest BCUT2D eigenvalue weighted by Gasteiger charge is 2.12. The second kappa shape index (κ2) is 7.54. The van der Waals surface area contributed by atoms with Crippen molar-refractivity contribution in [3.8, 4) is 0 Å². The summed E-state index contributed by atoms with van der Waals surface area (Å²) in [7, 11) is 0. The molecule has 0 radical (unpaired) electrons. The minimum absolute atomic E-state index is 0.0361. The van der Waals surface area contributed by atoms with Gasteiger partial charge in [-0.2, -0.15) is 0 Å². The zero-order valence-corrected chi connectivity index (χ0v) is 13.6. The van der Waals surface area contributed by atoms with Crippen LogP contribution in [-0.2, 0) is 6.54 Å². The van der Waals surface area contributed by atoms with Crippen LogP contribution in [0.25, 0.3) is 0 Å². The summed E-state index contributed by atoms with van der Waals surface area (Å²) in [6.45, 7) is 6.19. The Morgan fingerprint density at radius 1 is 1.13 bits per heavy atom. The van der Waals surface area contributed by atoms with E-state index in [1.54, 1.807) is 6.07 Å². The summed E-state index contributed by atoms with van der Waals surface area (Å²) in [4.78, 5) is 28.2. The Morgan fingerprint density at radius 3 is 2.57 bits per heavy atom. The van der Waals surface area contributed by atoms with Gasteiger partial charge in [-0.1, -0.05) is 24.3 Å². The van der Waals surface area contributed by atoms with Crippen LogP contribution in [0.2, 0.25) is 0 Å². The van der Waals surface area contributed by atoms with E-state index in [0.29, 0.717) is 12.1 Å². The lowest BCUT2D eigenvalue weighted by Crippen LogP contribution is -2.30. The average Bonchev–Trinajstić information content (AvgIpc) is 2.53. The number of hydrogen-bond donors (Lipinski definition) is 2. The first-order chi connectivity index (χ1) is 11.0. The van der Waals surface area contributed by atoms with Crippen molar-refractivity contribution in [3.63, 3.8) is 0 Å². The zero-order chi connectivity index (χ0) is 16.8. The van der Waals surface area contributed by atoms with Gasteiger partial charge in [-0.05, 0) is 44.0 Å². The van der Waals surface area contributed by atoms with Crippen molar-refractivity contribution in [1.29, 1.82) is 0 Å². The number of pyridine rings is 1. The van der Waals surface area contributed by atoms with Gasteiger partial charge in [0.2, 0.25) is 0 Å². The number of carbonyl (C=O) groups excluding carboxylic acids is 2. The fourth-order valence-electron chi connectivity index (χ4n) is 2.12. The lowest BCUT2D eigenvalue weighted by atomic mass is 10.1. The molecule has 0 aliphatic carbocycles. The molecule has 1 aromatic carbocycles. The topological polar surface area (TPSA) is 71.1 Å². The summed E-state index contributed by atoms with van der Waals surface area (Å²) < 4.78 is 0. The Bertz CT molecular complexity index is 711. The smallest absolute Gasteiger partial charge is 0.270 e. The van der Waals surface area contributed by atoms with Crippen LogP contribution in [-0.4, -0.2) is 22.8 Å². The Labute approximate surface area is 136 Å². The van der Waals surface area contributed by atoms with E-state index in [-0.39, 0.29) is 23.6 Å². The molecule has 0 atom stereocenters. The summed E-state index contributed by atoms with van der Waals surface area (Å²) in [5, 5.41) is 5.62. The molecule has 1 heterocycles. The molecule has 0 aliphatic heterocycles. The second-order valence-electron chi connectivity index (χ2n) is 5.67. The van der Waals surface area contributed by atoms with Gasteiger partial charge in [0.1, 0.15) is 5.69 Å². The number of carbonyl (C=O) groups is 2. The van der Waals surface area contributed by atoms with Gasteiger partial charge < -0.3 is 10.6 Å². The van der Waals surface area contributed by atoms with Crippen LogP contribution in [0.1, 0.15) is 45.8 Å². The maximum atomic E-state index is 12.2. The van der Waals surface area contributed by atoms with Gasteiger partial charge in [0, 0.05) is 24.3 Å². The number of aromatic nitrogens is 1. The van der Waals surface area contributed by atoms with Crippen molar-refractivity contribution in [2.75, 3.05) is 0 Å². The summed E-state index contributed by atoms with van der Waals surface area (Å²) in [5.74, 6) is -0.511. The predicted octanol–water partition coefficient (Wildman–Crippen LogP) is 2.46. The number of rotatable bonds is 5. The molecule has 2 aromatic rings. The molecule has 0 spiro atoms. The number of benzene rings is 1. The lowest BCUT2D eigenvalue weighted by Gasteiger charge is -2.10. The van der Waals surface area contributed by atoms with E-state index < -0.39 is 0 Å². The molecule has 2 N–H and O–H groups in total. The van der Waals surface area contributed by atoms with Crippen LogP contribution in [0.15, 0.2) is 42.6 Å². The third-order valence-corrected chi connectivity index (χ3v) is 3.38. The number of aryl methyl sites for hydroxylation is 1. The van der Waals surface area contributed by atoms with Crippen molar-refractivity contribution in [2.24, 2.45) is 0 Å². The molecular formula is C18H21N3O2. The largest absolute Gasteiger partial charge is 0.350 e. The van der Waals surface area contributed by atoms with Crippen molar-refractivity contribution >= 4 is 11.8 Å². The molecule has 1 aromatic heterocycles. The Hall–Kier alpha value is -2.69. The minimum Gasteiger partial charge on any atom is -0.350 e. The van der Waals surface area contributed by atoms with E-state index in [2.05, 4.69) is 15.6 Å². The van der Waals surface area contributed by atoms with Gasteiger partial charge in [0.25, 0.3) is 11.8 Å². The zero-order valence-electron chi connectivity index (χ0n) is 13.6. The van der Waals surface area contributed by atoms with Crippen molar-refractivity contribution in [1.82, 2.24) is 15.6 Å². The first kappa shape index (κ1) is 16.7. The fourth-order valence-corrected chi connectivity index (χ4v) is 2.12. The van der Waals surface area contributed by atoms with Crippen LogP contribution in [0, 0.1) is 6.92 Å². The molecule has 0 aliphatic rings. The summed E-state index contributed by atoms with van der Waals surface area (Å²) >= 11 is 0. The number of hydrogen-bond acceptors (Lipinski definition) is 3. The van der Waals surface area contributed by atoms with Gasteiger partial charge in [0.15, 0.2) is 0 Å². The highest BCUT2D eigenvalue weighted by molar-refractivity contribution is 5.98. The number of nitrogens with zero attached hydrogens (tertiary/aromatic N) is 1. The van der Waals surface area contributed by atoms with Gasteiger partial charge in [-0.25, -0.2) is 0 Å². The van der Waals surface area contributed by atoms with Crippen LogP contribution in [0.3, 0.4) is 0 Å². The number of nitrogens with one attached hydrogen (secondary N) is 2. The highest BCUT2D eigenvalue weighted by atomic mass is 16.2. The van der Waals surface area contributed by atoms with Gasteiger partial charge in [-0.3, -0.25) is 14.6 Å². The third-order valence-electron chi connectivity index (χ3n) is 3.38. The van der Waals surface area contributed by atoms with Gasteiger partial charge in [-0.15, -0.1) is 0 Å². The van der Waals surface area contributed by atoms with Crippen molar-refractivity contribution in [2.45, 2.75) is 33.4 Å². The number of amides is 2. The van der Waals surface area contributed by atoms with E-state index in [4.69, 9.17) is 0 Å². The first-order valence-corrected chi connectivity index (χ1v) is 7.57. The van der Waals surface area contributed by atoms with Gasteiger partial charge in [0.05, 0.1) is 0 Å². The monoisotopic (exact) mass is 311 g/mol. The van der Waals surface area contributed by atoms with Crippen LogP contribution < -0.4 is 10.6 Å². The van der Waals surface area contributed by atoms with Gasteiger partial charge >= 0.3 is 0 Å². The van der Waals surface area contributed by atoms with E-state index in [1.165, 1.54) is 12.3 Å². The Balaban J connectivity index is 2.05. The van der Waals surface area contributed by atoms with Crippen LogP contribution in [0.4, 0.5) is 0 Å². The third kappa shape index (κ3) is 4.64. The second-order valence-corrected chi connectivity index (χ2v) is 5.67. The molecule has 2 rings (SSSR count). The molecule has 120 valence electrons. The Kier molecular flexibility index (Phi) is 5.46. The molecule has 0 fully saturated rings. The van der Waals surface area contributed by atoms with E-state index in [1.807, 2.05) is 45.0 Å². The highest BCUT2D eigenvalue weighted by Crippen LogP contribution is 2.07. The summed E-state index contributed by atoms with van der Waals surface area (Å²) in [6.07, 6.45) is 1.47. The minimum atomic E-state index is -0.299. The van der Waals surface area contributed by atoms with E-state index >= 15 is 0 Å². The Morgan fingerprint density at radius 2 is 1.87 bits per heavy atom. The molecule has 5 heteroatoms. The standard InChI is InChI=1S/C18H21N3O2/c1-12(2)21-17(22)14-8-9-19-16(10-14)18(23)20-11-15-7-5-4-6-13(15)3/h4-10,12H,11H2,1-3H3,(H,20,23)(H,21,22). The molecular weight excluding hydrogens is 290 g/mol. The molecule has 2 amide bonds. The summed E-state index contributed by atoms with van der Waals surface area (Å²) in [6, 6.07) is 11.0. The van der Waals surface area contributed by atoms with Crippen molar-refractivity contribution in [3.05, 3.63) is 65.0 Å². The van der Waals surface area contributed by atoms with E-state index in [9.17, 15) is 9.59 Å². The maximum Gasteiger partial charge on any atom is 0.270 e. The molecule has 0 unspecified atom stereocenters. The first-order valence-electron chi connectivity index (χ1n) is 7.57.